The van der Waals surface area contributed by atoms with Gasteiger partial charge in [0.1, 0.15) is 18.3 Å². The van der Waals surface area contributed by atoms with Crippen LogP contribution in [0.4, 0.5) is 0 Å². The molecule has 0 unspecified atom stereocenters. The fourth-order valence-corrected chi connectivity index (χ4v) is 0.601. The summed E-state index contributed by atoms with van der Waals surface area (Å²) in [5, 5.41) is 35.6. The van der Waals surface area contributed by atoms with Gasteiger partial charge >= 0.3 is 0 Å². The highest BCUT2D eigenvalue weighted by Gasteiger charge is 2.27. The lowest BCUT2D eigenvalue weighted by atomic mass is 10.0. The molecule has 0 heterocycles. The SMILES string of the molecule is [CH+]=C[C@@H](O)[C@H](O)[C@@H](O)[C@H](C)O. The maximum Gasteiger partial charge on any atom is 0.204 e. The van der Waals surface area contributed by atoms with Gasteiger partial charge in [-0.15, -0.1) is 0 Å². The zero-order chi connectivity index (χ0) is 9.02. The lowest BCUT2D eigenvalue weighted by molar-refractivity contribution is -0.0876. The average Bonchev–Trinajstić information content (AvgIpc) is 2.00. The maximum atomic E-state index is 8.99. The van der Waals surface area contributed by atoms with Gasteiger partial charge < -0.3 is 20.4 Å². The molecule has 0 aromatic carbocycles. The second-order valence-electron chi connectivity index (χ2n) is 2.40. The highest BCUT2D eigenvalue weighted by molar-refractivity contribution is 4.87. The van der Waals surface area contributed by atoms with Crippen LogP contribution in [0.1, 0.15) is 6.92 Å². The number of rotatable bonds is 4. The van der Waals surface area contributed by atoms with Crippen LogP contribution in [0.25, 0.3) is 0 Å². The molecule has 0 saturated carbocycles. The predicted molar refractivity (Wildman–Crippen MR) is 38.6 cm³/mol. The van der Waals surface area contributed by atoms with Crippen molar-refractivity contribution >= 4 is 0 Å². The summed E-state index contributed by atoms with van der Waals surface area (Å²) in [5.74, 6) is 0. The Kier molecular flexibility index (Phi) is 4.18. The Labute approximate surface area is 65.4 Å². The maximum absolute atomic E-state index is 8.99. The molecule has 0 spiro atoms. The zero-order valence-electron chi connectivity index (χ0n) is 6.25. The summed E-state index contributed by atoms with van der Waals surface area (Å²) in [7, 11) is 0. The van der Waals surface area contributed by atoms with Crippen molar-refractivity contribution in [1.82, 2.24) is 0 Å². The van der Waals surface area contributed by atoms with Crippen molar-refractivity contribution in [2.24, 2.45) is 0 Å². The standard InChI is InChI=1S/C7H13O4/c1-3-5(9)7(11)6(10)4(2)8/h1,3-11H,2H3/q+1/t4-,5+,6-,7-/m0/s1. The van der Waals surface area contributed by atoms with Crippen molar-refractivity contribution in [2.75, 3.05) is 0 Å². The summed E-state index contributed by atoms with van der Waals surface area (Å²) in [6.45, 7) is 6.19. The Bertz CT molecular complexity index is 124. The smallest absolute Gasteiger partial charge is 0.204 e. The molecule has 0 aliphatic heterocycles. The molecule has 0 amide bonds. The van der Waals surface area contributed by atoms with Gasteiger partial charge in [-0.1, -0.05) is 0 Å². The van der Waals surface area contributed by atoms with Gasteiger partial charge in [-0.25, -0.2) is 0 Å². The van der Waals surface area contributed by atoms with Crippen molar-refractivity contribution in [2.45, 2.75) is 31.3 Å². The molecule has 0 rings (SSSR count). The van der Waals surface area contributed by atoms with Crippen LogP contribution >= 0.6 is 0 Å². The summed E-state index contributed by atoms with van der Waals surface area (Å²) >= 11 is 0. The minimum absolute atomic E-state index is 0.844. The number of hydrogen-bond donors (Lipinski definition) is 4. The van der Waals surface area contributed by atoms with E-state index in [0.717, 1.165) is 6.08 Å². The Hall–Kier alpha value is -0.510. The van der Waals surface area contributed by atoms with E-state index in [0.29, 0.717) is 0 Å². The van der Waals surface area contributed by atoms with Crippen molar-refractivity contribution in [3.05, 3.63) is 12.7 Å². The Morgan fingerprint density at radius 3 is 1.82 bits per heavy atom. The molecular formula is C7H13O4+. The van der Waals surface area contributed by atoms with Crippen molar-refractivity contribution in [1.29, 1.82) is 0 Å². The highest BCUT2D eigenvalue weighted by atomic mass is 16.4. The fourth-order valence-electron chi connectivity index (χ4n) is 0.601. The Balaban J connectivity index is 4.00. The van der Waals surface area contributed by atoms with Crippen LogP contribution in [0.2, 0.25) is 0 Å². The molecule has 4 atom stereocenters. The lowest BCUT2D eigenvalue weighted by Crippen LogP contribution is -2.42. The first-order chi connectivity index (χ1) is 5.00. The number of hydrogen-bond acceptors (Lipinski definition) is 4. The van der Waals surface area contributed by atoms with Crippen molar-refractivity contribution in [3.63, 3.8) is 0 Å². The zero-order valence-corrected chi connectivity index (χ0v) is 6.25. The third-order valence-corrected chi connectivity index (χ3v) is 1.39. The van der Waals surface area contributed by atoms with Crippen molar-refractivity contribution < 1.29 is 20.4 Å². The summed E-state index contributed by atoms with van der Waals surface area (Å²) in [6, 6.07) is 0. The van der Waals surface area contributed by atoms with E-state index < -0.39 is 24.4 Å². The van der Waals surface area contributed by atoms with E-state index in [1.807, 2.05) is 0 Å². The molecule has 0 bridgehead atoms. The van der Waals surface area contributed by atoms with E-state index in [4.69, 9.17) is 27.0 Å². The normalized spacial score (nSPS) is 21.8. The molecule has 0 fully saturated rings. The highest BCUT2D eigenvalue weighted by Crippen LogP contribution is 2.04. The van der Waals surface area contributed by atoms with Crippen LogP contribution in [0.15, 0.2) is 6.08 Å². The minimum Gasteiger partial charge on any atom is -0.391 e. The Morgan fingerprint density at radius 1 is 1.09 bits per heavy atom. The van der Waals surface area contributed by atoms with Gasteiger partial charge in [0.25, 0.3) is 0 Å². The molecular weight excluding hydrogens is 148 g/mol. The summed E-state index contributed by atoms with van der Waals surface area (Å²) in [6.07, 6.45) is -4.40. The first-order valence-electron chi connectivity index (χ1n) is 3.28. The van der Waals surface area contributed by atoms with Crippen LogP contribution in [-0.2, 0) is 0 Å². The molecule has 11 heavy (non-hydrogen) atoms. The molecule has 0 aliphatic carbocycles. The summed E-state index contributed by atoms with van der Waals surface area (Å²) in [5.41, 5.74) is 0. The van der Waals surface area contributed by atoms with Crippen LogP contribution in [0, 0.1) is 6.58 Å². The Morgan fingerprint density at radius 2 is 1.55 bits per heavy atom. The van der Waals surface area contributed by atoms with E-state index in [-0.39, 0.29) is 0 Å². The third-order valence-electron chi connectivity index (χ3n) is 1.39. The van der Waals surface area contributed by atoms with Gasteiger partial charge in [-0.05, 0) is 6.92 Å². The van der Waals surface area contributed by atoms with Crippen LogP contribution in [0.3, 0.4) is 0 Å². The summed E-state index contributed by atoms with van der Waals surface area (Å²) < 4.78 is 0. The fraction of sp³-hybridized carbons (Fsp3) is 0.714. The second kappa shape index (κ2) is 4.38. The van der Waals surface area contributed by atoms with Gasteiger partial charge in [0.05, 0.1) is 6.10 Å². The lowest BCUT2D eigenvalue weighted by Gasteiger charge is -2.20. The van der Waals surface area contributed by atoms with E-state index in [2.05, 4.69) is 0 Å². The van der Waals surface area contributed by atoms with Crippen LogP contribution < -0.4 is 0 Å². The minimum atomic E-state index is -1.44. The molecule has 0 aromatic heterocycles. The molecule has 0 radical (unpaired) electrons. The van der Waals surface area contributed by atoms with E-state index in [1.165, 1.54) is 6.92 Å². The van der Waals surface area contributed by atoms with E-state index in [1.54, 1.807) is 0 Å². The molecule has 0 saturated heterocycles. The van der Waals surface area contributed by atoms with Gasteiger partial charge in [-0.2, -0.15) is 0 Å². The van der Waals surface area contributed by atoms with Gasteiger partial charge in [0.15, 0.2) is 6.08 Å². The van der Waals surface area contributed by atoms with Gasteiger partial charge in [0, 0.05) is 0 Å². The van der Waals surface area contributed by atoms with Gasteiger partial charge in [-0.3, -0.25) is 0 Å². The van der Waals surface area contributed by atoms with Crippen molar-refractivity contribution in [3.8, 4) is 0 Å². The number of aliphatic hydroxyl groups excluding tert-OH is 4. The molecule has 4 nitrogen and oxygen atoms in total. The number of aliphatic hydroxyl groups is 4. The first kappa shape index (κ1) is 10.5. The molecule has 0 aromatic rings. The largest absolute Gasteiger partial charge is 0.391 e. The monoisotopic (exact) mass is 161 g/mol. The quantitative estimate of drug-likeness (QED) is 0.376. The topological polar surface area (TPSA) is 80.9 Å². The van der Waals surface area contributed by atoms with E-state index in [9.17, 15) is 0 Å². The summed E-state index contributed by atoms with van der Waals surface area (Å²) in [4.78, 5) is 0. The average molecular weight is 161 g/mol. The molecule has 4 N–H and O–H groups in total. The van der Waals surface area contributed by atoms with Gasteiger partial charge in [0.2, 0.25) is 6.58 Å². The van der Waals surface area contributed by atoms with E-state index >= 15 is 0 Å². The third kappa shape index (κ3) is 2.93. The van der Waals surface area contributed by atoms with Crippen LogP contribution in [0.5, 0.6) is 0 Å². The van der Waals surface area contributed by atoms with Crippen LogP contribution in [-0.4, -0.2) is 44.8 Å². The predicted octanol–water partition coefficient (Wildman–Crippen LogP) is -1.56. The molecule has 64 valence electrons. The molecule has 4 heteroatoms. The molecule has 0 aliphatic rings. The first-order valence-corrected chi connectivity index (χ1v) is 3.28. The second-order valence-corrected chi connectivity index (χ2v) is 2.40.